The maximum atomic E-state index is 5.89. The molecule has 0 saturated carbocycles. The second-order valence-electron chi connectivity index (χ2n) is 5.65. The second-order valence-corrected chi connectivity index (χ2v) is 5.65. The van der Waals surface area contributed by atoms with Gasteiger partial charge >= 0.3 is 0 Å². The minimum Gasteiger partial charge on any atom is -0.461 e. The van der Waals surface area contributed by atoms with Crippen LogP contribution >= 0.6 is 0 Å². The Morgan fingerprint density at radius 3 is 3.10 bits per heavy atom. The average Bonchev–Trinajstić information content (AvgIpc) is 3.11. The average molecular weight is 275 g/mol. The highest BCUT2D eigenvalue weighted by Gasteiger charge is 2.26. The largest absolute Gasteiger partial charge is 0.461 e. The zero-order chi connectivity index (χ0) is 13.9. The van der Waals surface area contributed by atoms with E-state index in [9.17, 15) is 0 Å². The van der Waals surface area contributed by atoms with Crippen molar-refractivity contribution in [2.24, 2.45) is 11.7 Å². The number of nitrogens with two attached hydrogens (primary N) is 1. The van der Waals surface area contributed by atoms with Crippen LogP contribution in [0.1, 0.15) is 25.5 Å². The lowest BCUT2D eigenvalue weighted by atomic mass is 9.92. The Bertz CT molecular complexity index is 535. The molecule has 1 aliphatic rings. The molecule has 2 atom stereocenters. The third-order valence-corrected chi connectivity index (χ3v) is 4.06. The van der Waals surface area contributed by atoms with E-state index in [1.165, 1.54) is 12.8 Å². The molecule has 2 aromatic rings. The molecule has 2 unspecified atom stereocenters. The van der Waals surface area contributed by atoms with Gasteiger partial charge in [0.25, 0.3) is 0 Å². The summed E-state index contributed by atoms with van der Waals surface area (Å²) in [4.78, 5) is 2.41. The molecule has 2 aromatic heterocycles. The molecule has 0 bridgehead atoms. The molecule has 0 radical (unpaired) electrons. The molecule has 1 fully saturated rings. The third-order valence-electron chi connectivity index (χ3n) is 4.06. The summed E-state index contributed by atoms with van der Waals surface area (Å²) in [5, 5.41) is 4.14. The molecular weight excluding hydrogens is 254 g/mol. The second kappa shape index (κ2) is 5.81. The Labute approximate surface area is 118 Å². The van der Waals surface area contributed by atoms with Gasteiger partial charge in [-0.2, -0.15) is 0 Å². The summed E-state index contributed by atoms with van der Waals surface area (Å²) in [6.45, 7) is 4.86. The maximum absolute atomic E-state index is 5.89. The van der Waals surface area contributed by atoms with E-state index >= 15 is 0 Å². The smallest absolute Gasteiger partial charge is 0.202 e. The first kappa shape index (κ1) is 13.4. The van der Waals surface area contributed by atoms with Gasteiger partial charge in [-0.15, -0.1) is 0 Å². The summed E-state index contributed by atoms with van der Waals surface area (Å²) in [5.41, 5.74) is 6.83. The van der Waals surface area contributed by atoms with Gasteiger partial charge < -0.3 is 14.7 Å². The fourth-order valence-electron chi connectivity index (χ4n) is 2.88. The maximum Gasteiger partial charge on any atom is 0.202 e. The lowest BCUT2D eigenvalue weighted by molar-refractivity contribution is 0.112. The van der Waals surface area contributed by atoms with Crippen molar-refractivity contribution in [2.45, 2.75) is 32.4 Å². The monoisotopic (exact) mass is 275 g/mol. The number of rotatable bonds is 4. The first-order chi connectivity index (χ1) is 9.76. The zero-order valence-corrected chi connectivity index (χ0v) is 11.8. The van der Waals surface area contributed by atoms with E-state index in [0.717, 1.165) is 24.7 Å². The van der Waals surface area contributed by atoms with Gasteiger partial charge in [-0.25, -0.2) is 0 Å². The Morgan fingerprint density at radius 2 is 2.35 bits per heavy atom. The fourth-order valence-corrected chi connectivity index (χ4v) is 2.88. The molecule has 0 amide bonds. The summed E-state index contributed by atoms with van der Waals surface area (Å²) in [7, 11) is 0. The van der Waals surface area contributed by atoms with Crippen LogP contribution in [0.25, 0.3) is 11.5 Å². The van der Waals surface area contributed by atoms with E-state index < -0.39 is 0 Å². The first-order valence-electron chi connectivity index (χ1n) is 7.20. The number of nitrogens with zero attached hydrogens (tertiary/aromatic N) is 2. The molecule has 3 rings (SSSR count). The molecule has 1 aliphatic heterocycles. The van der Waals surface area contributed by atoms with Gasteiger partial charge in [0, 0.05) is 25.2 Å². The molecule has 5 heteroatoms. The molecule has 5 nitrogen and oxygen atoms in total. The predicted molar refractivity (Wildman–Crippen MR) is 75.9 cm³/mol. The Balaban J connectivity index is 1.68. The molecule has 0 aliphatic carbocycles. The minimum absolute atomic E-state index is 0.447. The topological polar surface area (TPSA) is 68.4 Å². The molecule has 108 valence electrons. The van der Waals surface area contributed by atoms with Crippen molar-refractivity contribution in [3.05, 3.63) is 30.2 Å². The number of piperidine rings is 1. The Kier molecular flexibility index (Phi) is 3.89. The van der Waals surface area contributed by atoms with Gasteiger partial charge in [0.15, 0.2) is 5.76 Å². The molecule has 20 heavy (non-hydrogen) atoms. The number of likely N-dealkylation sites (tertiary alicyclic amines) is 1. The summed E-state index contributed by atoms with van der Waals surface area (Å²) in [6.07, 6.45) is 4.02. The predicted octanol–water partition coefficient (Wildman–Crippen LogP) is 2.49. The lowest BCUT2D eigenvalue weighted by Gasteiger charge is -2.37. The van der Waals surface area contributed by atoms with Crippen LogP contribution in [0.4, 0.5) is 0 Å². The van der Waals surface area contributed by atoms with Crippen molar-refractivity contribution in [1.29, 1.82) is 0 Å². The molecule has 0 aromatic carbocycles. The van der Waals surface area contributed by atoms with E-state index in [1.807, 2.05) is 18.2 Å². The van der Waals surface area contributed by atoms with Crippen molar-refractivity contribution in [2.75, 3.05) is 13.1 Å². The van der Waals surface area contributed by atoms with Crippen molar-refractivity contribution >= 4 is 0 Å². The van der Waals surface area contributed by atoms with Crippen molar-refractivity contribution in [3.63, 3.8) is 0 Å². The highest BCUT2D eigenvalue weighted by Crippen LogP contribution is 2.25. The van der Waals surface area contributed by atoms with Crippen LogP contribution < -0.4 is 5.73 Å². The number of hydrogen-bond acceptors (Lipinski definition) is 5. The van der Waals surface area contributed by atoms with Gasteiger partial charge in [0.2, 0.25) is 5.76 Å². The van der Waals surface area contributed by atoms with Crippen LogP contribution in [0, 0.1) is 5.92 Å². The van der Waals surface area contributed by atoms with Crippen LogP contribution in [-0.2, 0) is 6.54 Å². The Morgan fingerprint density at radius 1 is 1.45 bits per heavy atom. The van der Waals surface area contributed by atoms with Crippen molar-refractivity contribution in [1.82, 2.24) is 10.1 Å². The third kappa shape index (κ3) is 2.78. The van der Waals surface area contributed by atoms with Gasteiger partial charge in [-0.1, -0.05) is 12.1 Å². The zero-order valence-electron chi connectivity index (χ0n) is 11.8. The quantitative estimate of drug-likeness (QED) is 0.928. The van der Waals surface area contributed by atoms with Crippen LogP contribution in [-0.4, -0.2) is 29.2 Å². The lowest BCUT2D eigenvalue weighted by Crippen LogP contribution is -2.45. The summed E-state index contributed by atoms with van der Waals surface area (Å²) in [5.74, 6) is 2.15. The van der Waals surface area contributed by atoms with Crippen molar-refractivity contribution < 1.29 is 8.94 Å². The summed E-state index contributed by atoms with van der Waals surface area (Å²) in [6, 6.07) is 6.11. The van der Waals surface area contributed by atoms with Crippen LogP contribution in [0.15, 0.2) is 33.4 Å². The minimum atomic E-state index is 0.447. The van der Waals surface area contributed by atoms with Gasteiger partial charge in [0.05, 0.1) is 12.0 Å². The normalized spacial score (nSPS) is 24.1. The van der Waals surface area contributed by atoms with Crippen LogP contribution in [0.5, 0.6) is 0 Å². The van der Waals surface area contributed by atoms with Crippen LogP contribution in [0.3, 0.4) is 0 Å². The van der Waals surface area contributed by atoms with Gasteiger partial charge in [0.1, 0.15) is 0 Å². The van der Waals surface area contributed by atoms with E-state index in [2.05, 4.69) is 17.0 Å². The summed E-state index contributed by atoms with van der Waals surface area (Å²) >= 11 is 0. The van der Waals surface area contributed by atoms with Crippen LogP contribution in [0.2, 0.25) is 0 Å². The van der Waals surface area contributed by atoms with E-state index in [-0.39, 0.29) is 0 Å². The standard InChI is InChI=1S/C15H21N3O2/c1-11-4-5-18(13(7-11)9-16)10-12-8-15(20-17-12)14-3-2-6-19-14/h2-3,6,8,11,13H,4-5,7,9-10,16H2,1H3. The van der Waals surface area contributed by atoms with Gasteiger partial charge in [-0.05, 0) is 37.4 Å². The SMILES string of the molecule is CC1CCN(Cc2cc(-c3ccco3)on2)C(CN)C1. The molecular formula is C15H21N3O2. The van der Waals surface area contributed by atoms with E-state index in [4.69, 9.17) is 14.7 Å². The Hall–Kier alpha value is -1.59. The highest BCUT2D eigenvalue weighted by atomic mass is 16.5. The van der Waals surface area contributed by atoms with E-state index in [0.29, 0.717) is 24.1 Å². The van der Waals surface area contributed by atoms with Gasteiger partial charge in [-0.3, -0.25) is 4.90 Å². The first-order valence-corrected chi connectivity index (χ1v) is 7.20. The fraction of sp³-hybridized carbons (Fsp3) is 0.533. The number of hydrogen-bond donors (Lipinski definition) is 1. The van der Waals surface area contributed by atoms with Crippen molar-refractivity contribution in [3.8, 4) is 11.5 Å². The molecule has 1 saturated heterocycles. The number of furan rings is 1. The molecule has 3 heterocycles. The highest BCUT2D eigenvalue weighted by molar-refractivity contribution is 5.49. The summed E-state index contributed by atoms with van der Waals surface area (Å²) < 4.78 is 10.7. The molecule has 2 N–H and O–H groups in total. The van der Waals surface area contributed by atoms with E-state index in [1.54, 1.807) is 6.26 Å². The number of aromatic nitrogens is 1. The molecule has 0 spiro atoms.